The third-order valence-electron chi connectivity index (χ3n) is 3.87. The van der Waals surface area contributed by atoms with Crippen molar-refractivity contribution >= 4 is 17.7 Å². The van der Waals surface area contributed by atoms with Gasteiger partial charge in [0.2, 0.25) is 0 Å². The van der Waals surface area contributed by atoms with Crippen LogP contribution in [0.15, 0.2) is 53.5 Å². The first-order valence-electron chi connectivity index (χ1n) is 7.95. The zero-order chi connectivity index (χ0) is 16.1. The van der Waals surface area contributed by atoms with E-state index in [0.29, 0.717) is 11.8 Å². The van der Waals surface area contributed by atoms with E-state index in [1.807, 2.05) is 31.6 Å². The van der Waals surface area contributed by atoms with Crippen LogP contribution in [0.1, 0.15) is 50.7 Å². The van der Waals surface area contributed by atoms with E-state index in [2.05, 4.69) is 62.9 Å². The normalized spacial score (nSPS) is 11.6. The molecule has 2 aromatic carbocycles. The number of nitrogens with zero attached hydrogens (tertiary/aromatic N) is 2. The molecule has 0 aliphatic heterocycles. The summed E-state index contributed by atoms with van der Waals surface area (Å²) in [4.78, 5) is 6.88. The van der Waals surface area contributed by atoms with Crippen molar-refractivity contribution in [3.05, 3.63) is 59.7 Å². The van der Waals surface area contributed by atoms with Gasteiger partial charge >= 0.3 is 0 Å². The molecule has 0 amide bonds. The molecule has 116 valence electrons. The van der Waals surface area contributed by atoms with E-state index in [0.717, 1.165) is 11.4 Å². The number of hydrogen-bond acceptors (Lipinski definition) is 1. The topological polar surface area (TPSA) is 15.6 Å². The maximum Gasteiger partial charge on any atom is 0.0954 e. The Kier molecular flexibility index (Phi) is 5.37. The van der Waals surface area contributed by atoms with E-state index in [9.17, 15) is 0 Å². The van der Waals surface area contributed by atoms with Crippen LogP contribution in [0.4, 0.5) is 11.4 Å². The van der Waals surface area contributed by atoms with Crippen LogP contribution in [0.25, 0.3) is 0 Å². The predicted octanol–water partition coefficient (Wildman–Crippen LogP) is 5.73. The molecule has 0 aliphatic carbocycles. The lowest BCUT2D eigenvalue weighted by molar-refractivity contribution is 0.835. The van der Waals surface area contributed by atoms with E-state index in [-0.39, 0.29) is 0 Å². The second-order valence-electron chi connectivity index (χ2n) is 6.29. The fourth-order valence-electron chi connectivity index (χ4n) is 2.53. The molecule has 0 saturated heterocycles. The van der Waals surface area contributed by atoms with Crippen molar-refractivity contribution in [3.63, 3.8) is 0 Å². The Morgan fingerprint density at radius 3 is 1.86 bits per heavy atom. The molecule has 0 unspecified atom stereocenters. The highest BCUT2D eigenvalue weighted by Crippen LogP contribution is 2.34. The van der Waals surface area contributed by atoms with Crippen LogP contribution >= 0.6 is 0 Å². The lowest BCUT2D eigenvalue weighted by Gasteiger charge is -2.18. The summed E-state index contributed by atoms with van der Waals surface area (Å²) >= 11 is 0. The molecule has 0 saturated carbocycles. The second kappa shape index (κ2) is 7.26. The van der Waals surface area contributed by atoms with Crippen LogP contribution in [0.2, 0.25) is 0 Å². The summed E-state index contributed by atoms with van der Waals surface area (Å²) in [7, 11) is 2.03. The van der Waals surface area contributed by atoms with Gasteiger partial charge in [-0.1, -0.05) is 64.1 Å². The molecule has 0 aromatic heterocycles. The van der Waals surface area contributed by atoms with Gasteiger partial charge < -0.3 is 4.90 Å². The van der Waals surface area contributed by atoms with Gasteiger partial charge in [0.25, 0.3) is 0 Å². The highest BCUT2D eigenvalue weighted by Gasteiger charge is 2.12. The number of aliphatic imine (C=N–C) groups is 1. The van der Waals surface area contributed by atoms with Crippen molar-refractivity contribution in [1.29, 1.82) is 0 Å². The molecule has 0 aliphatic rings. The Hall–Kier alpha value is -2.09. The summed E-state index contributed by atoms with van der Waals surface area (Å²) in [5.74, 6) is 0.931. The fraction of sp³-hybridized carbons (Fsp3) is 0.350. The van der Waals surface area contributed by atoms with Crippen molar-refractivity contribution in [2.24, 2.45) is 4.99 Å². The van der Waals surface area contributed by atoms with Gasteiger partial charge in [0.05, 0.1) is 12.0 Å². The molecule has 0 bridgehead atoms. The molecule has 0 radical (unpaired) electrons. The van der Waals surface area contributed by atoms with E-state index < -0.39 is 0 Å². The maximum absolute atomic E-state index is 4.83. The number of hydrogen-bond donors (Lipinski definition) is 0. The lowest BCUT2D eigenvalue weighted by atomic mass is 9.93. The van der Waals surface area contributed by atoms with Crippen molar-refractivity contribution in [1.82, 2.24) is 0 Å². The molecule has 22 heavy (non-hydrogen) atoms. The van der Waals surface area contributed by atoms with E-state index in [4.69, 9.17) is 4.99 Å². The van der Waals surface area contributed by atoms with E-state index in [1.165, 1.54) is 11.1 Å². The Labute approximate surface area is 134 Å². The highest BCUT2D eigenvalue weighted by atomic mass is 15.1. The second-order valence-corrected chi connectivity index (χ2v) is 6.29. The molecule has 0 spiro atoms. The van der Waals surface area contributed by atoms with Crippen molar-refractivity contribution < 1.29 is 0 Å². The van der Waals surface area contributed by atoms with Crippen LogP contribution in [0, 0.1) is 0 Å². The number of para-hydroxylation sites is 2. The first-order valence-corrected chi connectivity index (χ1v) is 7.95. The van der Waals surface area contributed by atoms with Crippen LogP contribution in [-0.2, 0) is 0 Å². The van der Waals surface area contributed by atoms with Crippen LogP contribution in [-0.4, -0.2) is 13.4 Å². The Balaban J connectivity index is 2.37. The highest BCUT2D eigenvalue weighted by molar-refractivity contribution is 5.81. The van der Waals surface area contributed by atoms with E-state index in [1.54, 1.807) is 0 Å². The molecule has 0 atom stereocenters. The molecule has 0 N–H and O–H groups in total. The monoisotopic (exact) mass is 294 g/mol. The first-order chi connectivity index (χ1) is 10.5. The average molecular weight is 294 g/mol. The molecule has 2 rings (SSSR count). The van der Waals surface area contributed by atoms with Gasteiger partial charge in [0.1, 0.15) is 0 Å². The predicted molar refractivity (Wildman–Crippen MR) is 97.6 cm³/mol. The molecular formula is C20H26N2. The van der Waals surface area contributed by atoms with Gasteiger partial charge in [0, 0.05) is 12.7 Å². The number of benzene rings is 2. The Morgan fingerprint density at radius 2 is 1.36 bits per heavy atom. The molecule has 2 nitrogen and oxygen atoms in total. The fourth-order valence-corrected chi connectivity index (χ4v) is 2.53. The third-order valence-corrected chi connectivity index (χ3v) is 3.87. The third kappa shape index (κ3) is 3.76. The van der Waals surface area contributed by atoms with Gasteiger partial charge in [-0.05, 0) is 35.1 Å². The SMILES string of the molecule is CC(C)c1cccc(C(C)C)c1N=CN(C)c1ccccc1. The van der Waals surface area contributed by atoms with Crippen molar-refractivity contribution in [3.8, 4) is 0 Å². The zero-order valence-corrected chi connectivity index (χ0v) is 14.2. The first kappa shape index (κ1) is 16.3. The van der Waals surface area contributed by atoms with E-state index >= 15 is 0 Å². The number of anilines is 1. The maximum atomic E-state index is 4.83. The molecule has 0 fully saturated rings. The van der Waals surface area contributed by atoms with Gasteiger partial charge in [-0.25, -0.2) is 4.99 Å². The zero-order valence-electron chi connectivity index (χ0n) is 14.2. The van der Waals surface area contributed by atoms with Crippen molar-refractivity contribution in [2.75, 3.05) is 11.9 Å². The summed E-state index contributed by atoms with van der Waals surface area (Å²) in [5, 5.41) is 0. The Morgan fingerprint density at radius 1 is 0.818 bits per heavy atom. The van der Waals surface area contributed by atoms with Crippen LogP contribution in [0.3, 0.4) is 0 Å². The van der Waals surface area contributed by atoms with Gasteiger partial charge in [-0.3, -0.25) is 0 Å². The summed E-state index contributed by atoms with van der Waals surface area (Å²) in [6, 6.07) is 16.8. The smallest absolute Gasteiger partial charge is 0.0954 e. The standard InChI is InChI=1S/C20H26N2/c1-15(2)18-12-9-13-19(16(3)4)20(18)21-14-22(5)17-10-7-6-8-11-17/h6-16H,1-5H3. The summed E-state index contributed by atoms with van der Waals surface area (Å²) in [6.07, 6.45) is 1.92. The van der Waals surface area contributed by atoms with Crippen LogP contribution in [0.5, 0.6) is 0 Å². The minimum atomic E-state index is 0.466. The summed E-state index contributed by atoms with van der Waals surface area (Å²) < 4.78 is 0. The quantitative estimate of drug-likeness (QED) is 0.508. The summed E-state index contributed by atoms with van der Waals surface area (Å²) in [5.41, 5.74) is 4.88. The number of rotatable bonds is 5. The van der Waals surface area contributed by atoms with Gasteiger partial charge in [0.15, 0.2) is 0 Å². The minimum absolute atomic E-state index is 0.466. The van der Waals surface area contributed by atoms with Gasteiger partial charge in [-0.2, -0.15) is 0 Å². The molecule has 2 aromatic rings. The molecule has 2 heteroatoms. The average Bonchev–Trinajstić information content (AvgIpc) is 2.52. The molecular weight excluding hydrogens is 268 g/mol. The summed E-state index contributed by atoms with van der Waals surface area (Å²) in [6.45, 7) is 8.89. The van der Waals surface area contributed by atoms with Crippen LogP contribution < -0.4 is 4.90 Å². The molecule has 0 heterocycles. The van der Waals surface area contributed by atoms with Gasteiger partial charge in [-0.15, -0.1) is 0 Å². The van der Waals surface area contributed by atoms with Crippen molar-refractivity contribution in [2.45, 2.75) is 39.5 Å². The largest absolute Gasteiger partial charge is 0.336 e. The Bertz CT molecular complexity index is 601. The lowest BCUT2D eigenvalue weighted by Crippen LogP contribution is -2.13. The minimum Gasteiger partial charge on any atom is -0.336 e.